The number of hydrazone groups is 1. The fraction of sp³-hybridized carbons (Fsp3) is 0.500. The van der Waals surface area contributed by atoms with Crippen LogP contribution < -0.4 is 0 Å². The highest BCUT2D eigenvalue weighted by atomic mass is 16.2. The van der Waals surface area contributed by atoms with Gasteiger partial charge in [0.25, 0.3) is 5.91 Å². The molecule has 23 heavy (non-hydrogen) atoms. The summed E-state index contributed by atoms with van der Waals surface area (Å²) in [7, 11) is 0. The van der Waals surface area contributed by atoms with E-state index in [1.807, 2.05) is 13.8 Å². The lowest BCUT2D eigenvalue weighted by Crippen LogP contribution is -2.44. The van der Waals surface area contributed by atoms with Gasteiger partial charge in [0.15, 0.2) is 0 Å². The number of hydrogen-bond acceptors (Lipinski definition) is 3. The van der Waals surface area contributed by atoms with Gasteiger partial charge in [-0.2, -0.15) is 5.10 Å². The Kier molecular flexibility index (Phi) is 3.08. The third-order valence-corrected chi connectivity index (χ3v) is 5.84. The average molecular weight is 311 g/mol. The molecule has 5 heteroatoms. The number of fused-ring (bicyclic) bond motifs is 2. The molecule has 1 unspecified atom stereocenters. The molecule has 1 fully saturated rings. The Bertz CT molecular complexity index is 731. The lowest BCUT2D eigenvalue weighted by atomic mass is 9.68. The number of aromatic nitrogens is 1. The number of ketones is 1. The highest BCUT2D eigenvalue weighted by Crippen LogP contribution is 2.52. The lowest BCUT2D eigenvalue weighted by Gasteiger charge is -2.33. The molecule has 3 aliphatic rings. The minimum atomic E-state index is -0.594. The van der Waals surface area contributed by atoms with Crippen molar-refractivity contribution in [3.8, 4) is 0 Å². The molecular formula is C18H21N3O2. The van der Waals surface area contributed by atoms with Crippen molar-refractivity contribution in [3.05, 3.63) is 35.7 Å². The summed E-state index contributed by atoms with van der Waals surface area (Å²) in [5.74, 6) is 0.635. The summed E-state index contributed by atoms with van der Waals surface area (Å²) in [6, 6.07) is 3.50. The first-order valence-electron chi connectivity index (χ1n) is 8.24. The minimum Gasteiger partial charge on any atom is -0.359 e. The van der Waals surface area contributed by atoms with E-state index in [1.54, 1.807) is 18.3 Å². The van der Waals surface area contributed by atoms with Crippen molar-refractivity contribution in [1.82, 2.24) is 9.99 Å². The molecule has 0 saturated heterocycles. The second-order valence-electron chi connectivity index (χ2n) is 7.11. The molecule has 1 aromatic rings. The second kappa shape index (κ2) is 4.91. The van der Waals surface area contributed by atoms with Crippen LogP contribution in [0.1, 0.15) is 43.6 Å². The van der Waals surface area contributed by atoms with E-state index >= 15 is 0 Å². The first-order chi connectivity index (χ1) is 11.0. The number of amides is 1. The van der Waals surface area contributed by atoms with Crippen molar-refractivity contribution in [1.29, 1.82) is 0 Å². The number of carbonyl (C=O) groups excluding carboxylic acids is 2. The maximum atomic E-state index is 13.0. The standard InChI is InChI=1S/C18H21N3O2/c1-11-18(2,14-9-12-5-6-13(14)8-12)17(23)21(20-11)10-16(22)15-4-3-7-19-15/h3-4,7,9,13-14,19H,5-6,8,10H2,1-2H3/t13-,14+,18?/m1/s1. The number of nitrogens with zero attached hydrogens (tertiary/aromatic N) is 2. The Balaban J connectivity index is 1.57. The molecule has 0 radical (unpaired) electrons. The Morgan fingerprint density at radius 2 is 2.35 bits per heavy atom. The average Bonchev–Trinajstić information content (AvgIpc) is 3.30. The fourth-order valence-electron chi connectivity index (χ4n) is 4.37. The maximum Gasteiger partial charge on any atom is 0.255 e. The van der Waals surface area contributed by atoms with E-state index in [9.17, 15) is 9.59 Å². The minimum absolute atomic E-state index is 0.000233. The Morgan fingerprint density at radius 3 is 2.96 bits per heavy atom. The molecule has 1 saturated carbocycles. The van der Waals surface area contributed by atoms with Crippen molar-refractivity contribution in [2.24, 2.45) is 22.4 Å². The van der Waals surface area contributed by atoms with E-state index in [0.29, 0.717) is 11.6 Å². The molecule has 2 heterocycles. The van der Waals surface area contributed by atoms with Gasteiger partial charge in [0.2, 0.25) is 5.78 Å². The number of aromatic amines is 1. The van der Waals surface area contributed by atoms with E-state index in [-0.39, 0.29) is 24.2 Å². The van der Waals surface area contributed by atoms with Crippen LogP contribution in [0.2, 0.25) is 0 Å². The van der Waals surface area contributed by atoms with Gasteiger partial charge in [0.1, 0.15) is 6.54 Å². The van der Waals surface area contributed by atoms with Crippen LogP contribution >= 0.6 is 0 Å². The van der Waals surface area contributed by atoms with Crippen LogP contribution in [0.5, 0.6) is 0 Å². The summed E-state index contributed by atoms with van der Waals surface area (Å²) >= 11 is 0. The van der Waals surface area contributed by atoms with Crippen molar-refractivity contribution < 1.29 is 9.59 Å². The van der Waals surface area contributed by atoms with Gasteiger partial charge in [-0.25, -0.2) is 5.01 Å². The number of allylic oxidation sites excluding steroid dienone is 2. The predicted octanol–water partition coefficient (Wildman–Crippen LogP) is 2.78. The molecule has 1 aliphatic heterocycles. The van der Waals surface area contributed by atoms with E-state index in [1.165, 1.54) is 23.4 Å². The first kappa shape index (κ1) is 14.4. The predicted molar refractivity (Wildman–Crippen MR) is 87.0 cm³/mol. The Hall–Kier alpha value is -2.17. The van der Waals surface area contributed by atoms with Gasteiger partial charge in [0, 0.05) is 6.20 Å². The maximum absolute atomic E-state index is 13.0. The summed E-state index contributed by atoms with van der Waals surface area (Å²) < 4.78 is 0. The number of carbonyl (C=O) groups is 2. The summed E-state index contributed by atoms with van der Waals surface area (Å²) in [4.78, 5) is 28.2. The largest absolute Gasteiger partial charge is 0.359 e. The fourth-order valence-corrected chi connectivity index (χ4v) is 4.37. The molecule has 2 aliphatic carbocycles. The molecule has 1 aromatic heterocycles. The number of Topliss-reactive ketones (excluding diaryl/α,β-unsaturated/α-hetero) is 1. The number of H-pyrrole nitrogens is 1. The van der Waals surface area contributed by atoms with Crippen LogP contribution in [0.15, 0.2) is 35.1 Å². The van der Waals surface area contributed by atoms with Crippen molar-refractivity contribution in [3.63, 3.8) is 0 Å². The topological polar surface area (TPSA) is 65.5 Å². The van der Waals surface area contributed by atoms with E-state index in [0.717, 1.165) is 12.1 Å². The molecule has 0 spiro atoms. The van der Waals surface area contributed by atoms with E-state index in [4.69, 9.17) is 0 Å². The molecule has 0 aromatic carbocycles. The quantitative estimate of drug-likeness (QED) is 0.686. The Labute approximate surface area is 135 Å². The first-order valence-corrected chi connectivity index (χ1v) is 8.24. The van der Waals surface area contributed by atoms with Gasteiger partial charge in [-0.1, -0.05) is 11.6 Å². The highest BCUT2D eigenvalue weighted by molar-refractivity contribution is 6.12. The highest BCUT2D eigenvalue weighted by Gasteiger charge is 2.54. The van der Waals surface area contributed by atoms with Gasteiger partial charge >= 0.3 is 0 Å². The molecule has 3 atom stereocenters. The zero-order valence-electron chi connectivity index (χ0n) is 13.5. The van der Waals surface area contributed by atoms with Crippen molar-refractivity contribution in [2.45, 2.75) is 33.1 Å². The molecule has 4 rings (SSSR count). The van der Waals surface area contributed by atoms with E-state index in [2.05, 4.69) is 16.2 Å². The van der Waals surface area contributed by atoms with Gasteiger partial charge in [0.05, 0.1) is 16.8 Å². The van der Waals surface area contributed by atoms with Crippen LogP contribution in [-0.4, -0.2) is 33.9 Å². The second-order valence-corrected chi connectivity index (χ2v) is 7.11. The van der Waals surface area contributed by atoms with E-state index < -0.39 is 5.41 Å². The SMILES string of the molecule is CC1=NN(CC(=O)c2ccc[nH]2)C(=O)C1(C)[C@H]1C=C2CC[C@@H]1C2. The van der Waals surface area contributed by atoms with Gasteiger partial charge in [-0.15, -0.1) is 0 Å². The number of nitrogens with one attached hydrogen (secondary N) is 1. The van der Waals surface area contributed by atoms with Crippen LogP contribution in [0.25, 0.3) is 0 Å². The normalized spacial score (nSPS) is 32.4. The molecule has 1 N–H and O–H groups in total. The van der Waals surface area contributed by atoms with Gasteiger partial charge in [-0.05, 0) is 57.1 Å². The van der Waals surface area contributed by atoms with Crippen LogP contribution in [0.3, 0.4) is 0 Å². The Morgan fingerprint density at radius 1 is 1.52 bits per heavy atom. The van der Waals surface area contributed by atoms with Gasteiger partial charge < -0.3 is 4.98 Å². The summed E-state index contributed by atoms with van der Waals surface area (Å²) in [5.41, 5.74) is 2.24. The monoisotopic (exact) mass is 311 g/mol. The lowest BCUT2D eigenvalue weighted by molar-refractivity contribution is -0.137. The summed E-state index contributed by atoms with van der Waals surface area (Å²) in [5, 5.41) is 5.80. The number of hydrogen-bond donors (Lipinski definition) is 1. The summed E-state index contributed by atoms with van der Waals surface area (Å²) in [6.07, 6.45) is 7.48. The third-order valence-electron chi connectivity index (χ3n) is 5.84. The molecule has 120 valence electrons. The number of rotatable bonds is 4. The molecule has 5 nitrogen and oxygen atoms in total. The summed E-state index contributed by atoms with van der Waals surface area (Å²) in [6.45, 7) is 3.91. The molecular weight excluding hydrogens is 290 g/mol. The molecule has 1 amide bonds. The van der Waals surface area contributed by atoms with Gasteiger partial charge in [-0.3, -0.25) is 9.59 Å². The zero-order valence-corrected chi connectivity index (χ0v) is 13.5. The van der Waals surface area contributed by atoms with Crippen molar-refractivity contribution in [2.75, 3.05) is 6.54 Å². The smallest absolute Gasteiger partial charge is 0.255 e. The third kappa shape index (κ3) is 2.02. The van der Waals surface area contributed by atoms with Crippen molar-refractivity contribution >= 4 is 17.4 Å². The molecule has 2 bridgehead atoms. The van der Waals surface area contributed by atoms with Crippen LogP contribution in [-0.2, 0) is 4.79 Å². The zero-order chi connectivity index (χ0) is 16.2. The van der Waals surface area contributed by atoms with Crippen LogP contribution in [0, 0.1) is 17.3 Å². The van der Waals surface area contributed by atoms with Crippen LogP contribution in [0.4, 0.5) is 0 Å².